The Labute approximate surface area is 169 Å². The van der Waals surface area contributed by atoms with Gasteiger partial charge in [0.05, 0.1) is 25.8 Å². The van der Waals surface area contributed by atoms with E-state index in [0.29, 0.717) is 28.6 Å². The van der Waals surface area contributed by atoms with Crippen LogP contribution in [0.2, 0.25) is 5.02 Å². The highest BCUT2D eigenvalue weighted by Gasteiger charge is 2.23. The molecule has 3 aromatic rings. The molecule has 5 nitrogen and oxygen atoms in total. The molecule has 1 aromatic heterocycles. The lowest BCUT2D eigenvalue weighted by molar-refractivity contribution is -0.117. The van der Waals surface area contributed by atoms with Crippen molar-refractivity contribution in [2.24, 2.45) is 0 Å². The number of aromatic nitrogens is 1. The lowest BCUT2D eigenvalue weighted by atomic mass is 9.91. The van der Waals surface area contributed by atoms with Gasteiger partial charge in [-0.05, 0) is 47.9 Å². The summed E-state index contributed by atoms with van der Waals surface area (Å²) in [5.74, 6) is 0.617. The standard InChI is InChI=1S/C22H21ClN2O3/c1-27-18-9-10-21(28-2)20(13-18)25-22(26)19(12-15-4-3-11-24-14-15)16-5-7-17(23)8-6-16/h3-11,13-14,19H,12H2,1-2H3,(H,25,26). The second kappa shape index (κ2) is 9.24. The third-order valence-electron chi connectivity index (χ3n) is 4.42. The van der Waals surface area contributed by atoms with Crippen LogP contribution in [-0.4, -0.2) is 25.1 Å². The van der Waals surface area contributed by atoms with E-state index in [1.807, 2.05) is 24.3 Å². The Morgan fingerprint density at radius 2 is 1.89 bits per heavy atom. The third-order valence-corrected chi connectivity index (χ3v) is 4.67. The summed E-state index contributed by atoms with van der Waals surface area (Å²) in [6.07, 6.45) is 3.98. The molecule has 144 valence electrons. The number of amides is 1. The van der Waals surface area contributed by atoms with E-state index in [0.717, 1.165) is 11.1 Å². The maximum absolute atomic E-state index is 13.2. The van der Waals surface area contributed by atoms with Crippen molar-refractivity contribution in [3.05, 3.63) is 83.1 Å². The molecule has 6 heteroatoms. The number of halogens is 1. The van der Waals surface area contributed by atoms with Gasteiger partial charge in [-0.25, -0.2) is 0 Å². The van der Waals surface area contributed by atoms with Gasteiger partial charge in [0.1, 0.15) is 11.5 Å². The largest absolute Gasteiger partial charge is 0.497 e. The first-order valence-corrected chi connectivity index (χ1v) is 9.15. The minimum atomic E-state index is -0.419. The average molecular weight is 397 g/mol. The van der Waals surface area contributed by atoms with E-state index in [1.165, 1.54) is 0 Å². The molecule has 0 saturated heterocycles. The molecule has 1 heterocycles. The van der Waals surface area contributed by atoms with Crippen LogP contribution in [0.25, 0.3) is 0 Å². The lowest BCUT2D eigenvalue weighted by Crippen LogP contribution is -2.23. The Morgan fingerprint density at radius 1 is 1.11 bits per heavy atom. The summed E-state index contributed by atoms with van der Waals surface area (Å²) in [5, 5.41) is 3.60. The van der Waals surface area contributed by atoms with Gasteiger partial charge >= 0.3 is 0 Å². The van der Waals surface area contributed by atoms with Crippen molar-refractivity contribution in [2.75, 3.05) is 19.5 Å². The highest BCUT2D eigenvalue weighted by Crippen LogP contribution is 2.31. The number of carbonyl (C=O) groups is 1. The maximum atomic E-state index is 13.2. The first-order chi connectivity index (χ1) is 13.6. The summed E-state index contributed by atoms with van der Waals surface area (Å²) in [6, 6.07) is 16.4. The molecule has 28 heavy (non-hydrogen) atoms. The van der Waals surface area contributed by atoms with Gasteiger partial charge in [0, 0.05) is 23.5 Å². The Morgan fingerprint density at radius 3 is 2.54 bits per heavy atom. The number of nitrogens with one attached hydrogen (secondary N) is 1. The molecule has 0 aliphatic carbocycles. The van der Waals surface area contributed by atoms with Crippen molar-refractivity contribution >= 4 is 23.2 Å². The summed E-state index contributed by atoms with van der Waals surface area (Å²) in [7, 11) is 3.14. The summed E-state index contributed by atoms with van der Waals surface area (Å²) in [6.45, 7) is 0. The second-order valence-electron chi connectivity index (χ2n) is 6.22. The van der Waals surface area contributed by atoms with Crippen LogP contribution >= 0.6 is 11.6 Å². The molecule has 3 rings (SSSR count). The number of carbonyl (C=O) groups excluding carboxylic acids is 1. The number of hydrogen-bond donors (Lipinski definition) is 1. The fourth-order valence-corrected chi connectivity index (χ4v) is 3.07. The molecule has 0 radical (unpaired) electrons. The summed E-state index contributed by atoms with van der Waals surface area (Å²) >= 11 is 6.02. The lowest BCUT2D eigenvalue weighted by Gasteiger charge is -2.19. The number of ether oxygens (including phenoxy) is 2. The summed E-state index contributed by atoms with van der Waals surface area (Å²) in [4.78, 5) is 17.4. The molecule has 2 aromatic carbocycles. The molecular weight excluding hydrogens is 376 g/mol. The van der Waals surface area contributed by atoms with Gasteiger partial charge in [-0.2, -0.15) is 0 Å². The second-order valence-corrected chi connectivity index (χ2v) is 6.66. The first kappa shape index (κ1) is 19.7. The van der Waals surface area contributed by atoms with Crippen molar-refractivity contribution in [3.8, 4) is 11.5 Å². The number of nitrogens with zero attached hydrogens (tertiary/aromatic N) is 1. The zero-order valence-corrected chi connectivity index (χ0v) is 16.4. The molecule has 0 aliphatic rings. The molecule has 1 atom stereocenters. The number of benzene rings is 2. The van der Waals surface area contributed by atoms with E-state index in [-0.39, 0.29) is 5.91 Å². The van der Waals surface area contributed by atoms with Crippen molar-refractivity contribution in [2.45, 2.75) is 12.3 Å². The number of rotatable bonds is 7. The minimum absolute atomic E-state index is 0.155. The average Bonchev–Trinajstić information content (AvgIpc) is 2.73. The Bertz CT molecular complexity index is 930. The predicted octanol–water partition coefficient (Wildman–Crippen LogP) is 4.72. The predicted molar refractivity (Wildman–Crippen MR) is 110 cm³/mol. The van der Waals surface area contributed by atoms with E-state index >= 15 is 0 Å². The van der Waals surface area contributed by atoms with Crippen LogP contribution in [0.3, 0.4) is 0 Å². The van der Waals surface area contributed by atoms with Gasteiger partial charge in [0.15, 0.2) is 0 Å². The van der Waals surface area contributed by atoms with Crippen LogP contribution < -0.4 is 14.8 Å². The Balaban J connectivity index is 1.91. The summed E-state index contributed by atoms with van der Waals surface area (Å²) in [5.41, 5.74) is 2.39. The summed E-state index contributed by atoms with van der Waals surface area (Å²) < 4.78 is 10.6. The molecule has 0 bridgehead atoms. The molecule has 1 amide bonds. The van der Waals surface area contributed by atoms with Crippen LogP contribution in [0.4, 0.5) is 5.69 Å². The van der Waals surface area contributed by atoms with Crippen molar-refractivity contribution in [1.82, 2.24) is 4.98 Å². The zero-order chi connectivity index (χ0) is 19.9. The Kier molecular flexibility index (Phi) is 6.50. The monoisotopic (exact) mass is 396 g/mol. The van der Waals surface area contributed by atoms with E-state index in [9.17, 15) is 4.79 Å². The van der Waals surface area contributed by atoms with Gasteiger partial charge in [-0.15, -0.1) is 0 Å². The van der Waals surface area contributed by atoms with Crippen LogP contribution in [-0.2, 0) is 11.2 Å². The SMILES string of the molecule is COc1ccc(OC)c(NC(=O)C(Cc2cccnc2)c2ccc(Cl)cc2)c1. The fraction of sp³-hybridized carbons (Fsp3) is 0.182. The van der Waals surface area contributed by atoms with Gasteiger partial charge in [0.25, 0.3) is 0 Å². The van der Waals surface area contributed by atoms with Crippen molar-refractivity contribution in [3.63, 3.8) is 0 Å². The quantitative estimate of drug-likeness (QED) is 0.627. The highest BCUT2D eigenvalue weighted by atomic mass is 35.5. The first-order valence-electron chi connectivity index (χ1n) is 8.78. The molecule has 0 fully saturated rings. The molecule has 0 saturated carbocycles. The minimum Gasteiger partial charge on any atom is -0.497 e. The third kappa shape index (κ3) is 4.81. The molecule has 0 spiro atoms. The fourth-order valence-electron chi connectivity index (χ4n) is 2.94. The topological polar surface area (TPSA) is 60.5 Å². The van der Waals surface area contributed by atoms with Gasteiger partial charge < -0.3 is 14.8 Å². The van der Waals surface area contributed by atoms with Gasteiger partial charge in [-0.3, -0.25) is 9.78 Å². The molecule has 1 N–H and O–H groups in total. The highest BCUT2D eigenvalue weighted by molar-refractivity contribution is 6.30. The number of anilines is 1. The van der Waals surface area contributed by atoms with E-state index in [1.54, 1.807) is 56.9 Å². The van der Waals surface area contributed by atoms with Crippen LogP contribution in [0.5, 0.6) is 11.5 Å². The van der Waals surface area contributed by atoms with Crippen LogP contribution in [0.15, 0.2) is 67.0 Å². The zero-order valence-electron chi connectivity index (χ0n) is 15.7. The van der Waals surface area contributed by atoms with Gasteiger partial charge in [0.2, 0.25) is 5.91 Å². The van der Waals surface area contributed by atoms with Crippen LogP contribution in [0.1, 0.15) is 17.0 Å². The maximum Gasteiger partial charge on any atom is 0.232 e. The smallest absolute Gasteiger partial charge is 0.232 e. The normalized spacial score (nSPS) is 11.5. The Hall–Kier alpha value is -3.05. The van der Waals surface area contributed by atoms with Crippen molar-refractivity contribution in [1.29, 1.82) is 0 Å². The van der Waals surface area contributed by atoms with Crippen LogP contribution in [0, 0.1) is 0 Å². The van der Waals surface area contributed by atoms with Gasteiger partial charge in [-0.1, -0.05) is 29.8 Å². The molecule has 1 unspecified atom stereocenters. The van der Waals surface area contributed by atoms with E-state index < -0.39 is 5.92 Å². The van der Waals surface area contributed by atoms with E-state index in [2.05, 4.69) is 10.3 Å². The molecule has 0 aliphatic heterocycles. The number of hydrogen-bond acceptors (Lipinski definition) is 4. The number of pyridine rings is 1. The number of methoxy groups -OCH3 is 2. The van der Waals surface area contributed by atoms with E-state index in [4.69, 9.17) is 21.1 Å². The van der Waals surface area contributed by atoms with Crippen molar-refractivity contribution < 1.29 is 14.3 Å². The molecular formula is C22H21ClN2O3.